The Morgan fingerprint density at radius 2 is 1.96 bits per heavy atom. The van der Waals surface area contributed by atoms with Crippen molar-refractivity contribution in [1.82, 2.24) is 15.9 Å². The van der Waals surface area contributed by atoms with Gasteiger partial charge in [0.15, 0.2) is 0 Å². The van der Waals surface area contributed by atoms with Crippen molar-refractivity contribution >= 4 is 11.8 Å². The Morgan fingerprint density at radius 1 is 1.21 bits per heavy atom. The molecule has 1 aromatic carbocycles. The van der Waals surface area contributed by atoms with E-state index in [2.05, 4.69) is 23.6 Å². The molecular weight excluding hydrogens is 306 g/mol. The van der Waals surface area contributed by atoms with E-state index >= 15 is 0 Å². The smallest absolute Gasteiger partial charge is 0.243 e. The van der Waals surface area contributed by atoms with E-state index in [0.29, 0.717) is 6.42 Å². The molecular formula is C18H27N3O3. The molecule has 6 heteroatoms. The maximum atomic E-state index is 12.3. The zero-order valence-electron chi connectivity index (χ0n) is 14.3. The molecule has 132 valence electrons. The van der Waals surface area contributed by atoms with Gasteiger partial charge in [-0.15, -0.1) is 0 Å². The van der Waals surface area contributed by atoms with Crippen LogP contribution in [-0.2, 0) is 22.6 Å². The number of rotatable bonds is 8. The second-order valence-electron chi connectivity index (χ2n) is 6.45. The van der Waals surface area contributed by atoms with Crippen LogP contribution in [0.25, 0.3) is 0 Å². The Labute approximate surface area is 143 Å². The van der Waals surface area contributed by atoms with Gasteiger partial charge in [-0.2, -0.15) is 0 Å². The zero-order valence-corrected chi connectivity index (χ0v) is 14.3. The fraction of sp³-hybridized carbons (Fsp3) is 0.556. The average Bonchev–Trinajstić information content (AvgIpc) is 2.60. The summed E-state index contributed by atoms with van der Waals surface area (Å²) >= 11 is 0. The summed E-state index contributed by atoms with van der Waals surface area (Å²) in [5, 5.41) is 10.4. The molecule has 3 N–H and O–H groups in total. The van der Waals surface area contributed by atoms with Gasteiger partial charge < -0.3 is 0 Å². The van der Waals surface area contributed by atoms with Gasteiger partial charge in [0.25, 0.3) is 0 Å². The Morgan fingerprint density at radius 3 is 2.71 bits per heavy atom. The first-order chi connectivity index (χ1) is 11.6. The van der Waals surface area contributed by atoms with Crippen LogP contribution in [-0.4, -0.2) is 28.6 Å². The monoisotopic (exact) mass is 333 g/mol. The number of hydroxylamine groups is 1. The number of benzene rings is 1. The maximum absolute atomic E-state index is 12.3. The first-order valence-corrected chi connectivity index (χ1v) is 8.65. The zero-order chi connectivity index (χ0) is 17.4. The molecule has 2 amide bonds. The molecule has 1 atom stereocenters. The van der Waals surface area contributed by atoms with Gasteiger partial charge in [-0.25, -0.2) is 10.5 Å². The number of hydrazine groups is 1. The largest absolute Gasteiger partial charge is 0.289 e. The summed E-state index contributed by atoms with van der Waals surface area (Å²) in [5.41, 5.74) is 7.29. The van der Waals surface area contributed by atoms with Gasteiger partial charge in [-0.05, 0) is 30.4 Å². The molecule has 24 heavy (non-hydrogen) atoms. The van der Waals surface area contributed by atoms with E-state index in [1.165, 1.54) is 11.1 Å². The van der Waals surface area contributed by atoms with E-state index < -0.39 is 0 Å². The Kier molecular flexibility index (Phi) is 7.21. The van der Waals surface area contributed by atoms with E-state index in [1.54, 1.807) is 5.48 Å². The predicted octanol–water partition coefficient (Wildman–Crippen LogP) is 2.17. The molecule has 1 aliphatic heterocycles. The topological polar surface area (TPSA) is 81.7 Å². The van der Waals surface area contributed by atoms with Crippen LogP contribution in [0.2, 0.25) is 0 Å². The molecule has 1 aliphatic rings. The highest BCUT2D eigenvalue weighted by molar-refractivity contribution is 5.77. The first kappa shape index (κ1) is 18.4. The summed E-state index contributed by atoms with van der Waals surface area (Å²) in [4.78, 5) is 23.2. The quantitative estimate of drug-likeness (QED) is 0.387. The lowest BCUT2D eigenvalue weighted by atomic mass is 10.0. The van der Waals surface area contributed by atoms with Crippen molar-refractivity contribution in [2.75, 3.05) is 6.54 Å². The van der Waals surface area contributed by atoms with Gasteiger partial charge in [-0.1, -0.05) is 44.0 Å². The predicted molar refractivity (Wildman–Crippen MR) is 90.9 cm³/mol. The van der Waals surface area contributed by atoms with E-state index in [0.717, 1.165) is 45.2 Å². The van der Waals surface area contributed by atoms with Gasteiger partial charge in [0.05, 0.1) is 0 Å². The molecule has 0 spiro atoms. The highest BCUT2D eigenvalue weighted by Gasteiger charge is 2.20. The minimum Gasteiger partial charge on any atom is -0.289 e. The fourth-order valence-corrected chi connectivity index (χ4v) is 2.96. The lowest BCUT2D eigenvalue weighted by Crippen LogP contribution is -2.46. The van der Waals surface area contributed by atoms with Crippen LogP contribution in [0, 0.1) is 5.92 Å². The molecule has 0 saturated carbocycles. The van der Waals surface area contributed by atoms with E-state index in [1.807, 2.05) is 18.0 Å². The lowest BCUT2D eigenvalue weighted by molar-refractivity contribution is -0.130. The van der Waals surface area contributed by atoms with Crippen molar-refractivity contribution in [3.63, 3.8) is 0 Å². The van der Waals surface area contributed by atoms with Gasteiger partial charge in [0.2, 0.25) is 11.8 Å². The van der Waals surface area contributed by atoms with Gasteiger partial charge in [0.1, 0.15) is 0 Å². The van der Waals surface area contributed by atoms with Crippen molar-refractivity contribution in [3.8, 4) is 0 Å². The second-order valence-corrected chi connectivity index (χ2v) is 6.45. The molecule has 1 heterocycles. The Hall–Kier alpha value is -1.92. The van der Waals surface area contributed by atoms with Crippen LogP contribution in [0.3, 0.4) is 0 Å². The number of carbonyl (C=O) groups excluding carboxylic acids is 2. The number of amides is 2. The number of nitrogens with one attached hydrogen (secondary N) is 2. The molecule has 0 radical (unpaired) electrons. The van der Waals surface area contributed by atoms with Gasteiger partial charge in [-0.3, -0.25) is 20.2 Å². The summed E-state index contributed by atoms with van der Waals surface area (Å²) in [6.07, 6.45) is 4.58. The minimum absolute atomic E-state index is 0.0474. The molecule has 0 fully saturated rings. The average molecular weight is 333 g/mol. The van der Waals surface area contributed by atoms with E-state index in [4.69, 9.17) is 5.21 Å². The molecule has 1 aromatic rings. The summed E-state index contributed by atoms with van der Waals surface area (Å²) < 4.78 is 0. The Balaban J connectivity index is 1.66. The third-order valence-electron chi connectivity index (χ3n) is 4.51. The summed E-state index contributed by atoms with van der Waals surface area (Å²) in [6.45, 7) is 3.53. The summed E-state index contributed by atoms with van der Waals surface area (Å²) in [5.74, 6) is -0.345. The van der Waals surface area contributed by atoms with Crippen LogP contribution < -0.4 is 10.9 Å². The molecule has 0 aliphatic carbocycles. The Bertz CT molecular complexity index is 562. The third-order valence-corrected chi connectivity index (χ3v) is 4.51. The standard InChI is InChI=1S/C18H27N3O3/c1-14(7-3-2-4-10-17(22)20-24)18(23)19-21-12-11-15-8-5-6-9-16(15)13-21/h5-6,8-9,14,24H,2-4,7,10-13H2,1H3,(H,19,23)(H,20,22). The van der Waals surface area contributed by atoms with Crippen molar-refractivity contribution < 1.29 is 14.8 Å². The van der Waals surface area contributed by atoms with E-state index in [-0.39, 0.29) is 17.7 Å². The van der Waals surface area contributed by atoms with Crippen LogP contribution in [0.1, 0.15) is 50.2 Å². The molecule has 0 aromatic heterocycles. The van der Waals surface area contributed by atoms with Crippen LogP contribution in [0.4, 0.5) is 0 Å². The van der Waals surface area contributed by atoms with Crippen LogP contribution in [0.15, 0.2) is 24.3 Å². The van der Waals surface area contributed by atoms with Crippen molar-refractivity contribution in [3.05, 3.63) is 35.4 Å². The lowest BCUT2D eigenvalue weighted by Gasteiger charge is -2.30. The molecule has 0 bridgehead atoms. The summed E-state index contributed by atoms with van der Waals surface area (Å²) in [7, 11) is 0. The SMILES string of the molecule is CC(CCCCCC(=O)NO)C(=O)NN1CCc2ccccc2C1. The van der Waals surface area contributed by atoms with Gasteiger partial charge >= 0.3 is 0 Å². The number of nitrogens with zero attached hydrogens (tertiary/aromatic N) is 1. The normalized spacial score (nSPS) is 15.4. The highest BCUT2D eigenvalue weighted by Crippen LogP contribution is 2.17. The number of hydrogen-bond acceptors (Lipinski definition) is 4. The molecule has 6 nitrogen and oxygen atoms in total. The van der Waals surface area contributed by atoms with Crippen molar-refractivity contribution in [2.24, 2.45) is 5.92 Å². The number of unbranched alkanes of at least 4 members (excludes halogenated alkanes) is 2. The maximum Gasteiger partial charge on any atom is 0.243 e. The van der Waals surface area contributed by atoms with Crippen LogP contribution >= 0.6 is 0 Å². The number of fused-ring (bicyclic) bond motifs is 1. The second kappa shape index (κ2) is 9.39. The van der Waals surface area contributed by atoms with Gasteiger partial charge in [0, 0.05) is 25.4 Å². The fourth-order valence-electron chi connectivity index (χ4n) is 2.96. The van der Waals surface area contributed by atoms with Crippen LogP contribution in [0.5, 0.6) is 0 Å². The number of hydrogen-bond donors (Lipinski definition) is 3. The molecule has 1 unspecified atom stereocenters. The minimum atomic E-state index is -0.355. The first-order valence-electron chi connectivity index (χ1n) is 8.65. The molecule has 0 saturated heterocycles. The number of carbonyl (C=O) groups is 2. The highest BCUT2D eigenvalue weighted by atomic mass is 16.5. The third kappa shape index (κ3) is 5.62. The van der Waals surface area contributed by atoms with Crippen molar-refractivity contribution in [2.45, 2.75) is 52.0 Å². The summed E-state index contributed by atoms with van der Waals surface area (Å²) in [6, 6.07) is 8.34. The van der Waals surface area contributed by atoms with Crippen molar-refractivity contribution in [1.29, 1.82) is 0 Å². The van der Waals surface area contributed by atoms with E-state index in [9.17, 15) is 9.59 Å². The molecule has 2 rings (SSSR count).